The van der Waals surface area contributed by atoms with E-state index in [1.165, 1.54) is 4.57 Å². The Morgan fingerprint density at radius 3 is 2.84 bits per heavy atom. The highest BCUT2D eigenvalue weighted by molar-refractivity contribution is 5.76. The standard InChI is InChI=1S/C13H22N4O2/c1-2-6-16-9-10-17(13(16)19)11-12(18)15-7-3-4-14-5-8-15/h9-10,14H,2-8,11H2,1H3. The number of nitrogens with zero attached hydrogens (tertiary/aromatic N) is 3. The summed E-state index contributed by atoms with van der Waals surface area (Å²) in [6.07, 6.45) is 5.34. The third-order valence-electron chi connectivity index (χ3n) is 3.38. The van der Waals surface area contributed by atoms with Crippen LogP contribution in [0.2, 0.25) is 0 Å². The number of carbonyl (C=O) groups excluding carboxylic acids is 1. The van der Waals surface area contributed by atoms with Crippen molar-refractivity contribution in [3.8, 4) is 0 Å². The van der Waals surface area contributed by atoms with Gasteiger partial charge >= 0.3 is 5.69 Å². The predicted molar refractivity (Wildman–Crippen MR) is 73.0 cm³/mol. The second kappa shape index (κ2) is 6.56. The van der Waals surface area contributed by atoms with Gasteiger partial charge in [0.15, 0.2) is 0 Å². The maximum Gasteiger partial charge on any atom is 0.328 e. The van der Waals surface area contributed by atoms with Crippen LogP contribution in [0.1, 0.15) is 19.8 Å². The van der Waals surface area contributed by atoms with Crippen molar-refractivity contribution in [2.45, 2.75) is 32.9 Å². The van der Waals surface area contributed by atoms with Gasteiger partial charge in [-0.25, -0.2) is 4.79 Å². The Kier molecular flexibility index (Phi) is 4.79. The summed E-state index contributed by atoms with van der Waals surface area (Å²) in [5.74, 6) is 0.0278. The molecule has 0 aliphatic carbocycles. The van der Waals surface area contributed by atoms with E-state index < -0.39 is 0 Å². The molecule has 0 aromatic carbocycles. The molecule has 2 heterocycles. The third kappa shape index (κ3) is 3.47. The molecule has 1 aromatic rings. The molecule has 6 nitrogen and oxygen atoms in total. The molecule has 1 aromatic heterocycles. The molecule has 19 heavy (non-hydrogen) atoms. The lowest BCUT2D eigenvalue weighted by Gasteiger charge is -2.19. The molecule has 0 unspecified atom stereocenters. The molecule has 1 aliphatic rings. The Morgan fingerprint density at radius 2 is 2.05 bits per heavy atom. The van der Waals surface area contributed by atoms with E-state index >= 15 is 0 Å². The fourth-order valence-corrected chi connectivity index (χ4v) is 2.33. The highest BCUT2D eigenvalue weighted by atomic mass is 16.2. The molecule has 0 spiro atoms. The van der Waals surface area contributed by atoms with Crippen LogP contribution in [0.15, 0.2) is 17.2 Å². The lowest BCUT2D eigenvalue weighted by atomic mass is 10.4. The molecule has 106 valence electrons. The lowest BCUT2D eigenvalue weighted by Crippen LogP contribution is -2.38. The van der Waals surface area contributed by atoms with Crippen LogP contribution in [0.3, 0.4) is 0 Å². The van der Waals surface area contributed by atoms with Crippen molar-refractivity contribution in [3.05, 3.63) is 22.9 Å². The van der Waals surface area contributed by atoms with Crippen LogP contribution >= 0.6 is 0 Å². The van der Waals surface area contributed by atoms with Crippen molar-refractivity contribution in [2.75, 3.05) is 26.2 Å². The van der Waals surface area contributed by atoms with Gasteiger partial charge in [-0.05, 0) is 19.4 Å². The van der Waals surface area contributed by atoms with E-state index in [4.69, 9.17) is 0 Å². The van der Waals surface area contributed by atoms with E-state index in [9.17, 15) is 9.59 Å². The van der Waals surface area contributed by atoms with Gasteiger partial charge in [-0.3, -0.25) is 13.9 Å². The lowest BCUT2D eigenvalue weighted by molar-refractivity contribution is -0.131. The van der Waals surface area contributed by atoms with Crippen LogP contribution in [-0.4, -0.2) is 46.1 Å². The second-order valence-electron chi connectivity index (χ2n) is 4.89. The van der Waals surface area contributed by atoms with E-state index in [1.54, 1.807) is 17.0 Å². The Hall–Kier alpha value is -1.56. The molecule has 1 amide bonds. The quantitative estimate of drug-likeness (QED) is 0.826. The third-order valence-corrected chi connectivity index (χ3v) is 3.38. The van der Waals surface area contributed by atoms with Crippen LogP contribution in [0.25, 0.3) is 0 Å². The zero-order chi connectivity index (χ0) is 13.7. The first-order chi connectivity index (χ1) is 9.22. The first-order valence-corrected chi connectivity index (χ1v) is 6.96. The Labute approximate surface area is 113 Å². The minimum atomic E-state index is -0.0943. The number of hydrogen-bond donors (Lipinski definition) is 1. The fraction of sp³-hybridized carbons (Fsp3) is 0.692. The second-order valence-corrected chi connectivity index (χ2v) is 4.89. The average molecular weight is 266 g/mol. The summed E-state index contributed by atoms with van der Waals surface area (Å²) in [5, 5.41) is 3.26. The molecular weight excluding hydrogens is 244 g/mol. The Morgan fingerprint density at radius 1 is 1.26 bits per heavy atom. The summed E-state index contributed by atoms with van der Waals surface area (Å²) >= 11 is 0. The summed E-state index contributed by atoms with van der Waals surface area (Å²) in [6, 6.07) is 0. The van der Waals surface area contributed by atoms with Crippen LogP contribution in [-0.2, 0) is 17.9 Å². The van der Waals surface area contributed by atoms with E-state index in [2.05, 4.69) is 5.32 Å². The summed E-state index contributed by atoms with van der Waals surface area (Å²) in [6.45, 7) is 6.16. The maximum atomic E-state index is 12.2. The van der Waals surface area contributed by atoms with Gasteiger partial charge in [0.1, 0.15) is 6.54 Å². The molecule has 0 atom stereocenters. The predicted octanol–water partition coefficient (Wildman–Crippen LogP) is -0.118. The van der Waals surface area contributed by atoms with Crippen molar-refractivity contribution in [2.24, 2.45) is 0 Å². The molecule has 6 heteroatoms. The highest BCUT2D eigenvalue weighted by Crippen LogP contribution is 1.98. The molecular formula is C13H22N4O2. The molecule has 0 saturated carbocycles. The number of carbonyl (C=O) groups is 1. The van der Waals surface area contributed by atoms with Gasteiger partial charge < -0.3 is 10.2 Å². The van der Waals surface area contributed by atoms with Crippen LogP contribution in [0, 0.1) is 0 Å². The van der Waals surface area contributed by atoms with Gasteiger partial charge in [-0.2, -0.15) is 0 Å². The first-order valence-electron chi connectivity index (χ1n) is 6.96. The fourth-order valence-electron chi connectivity index (χ4n) is 2.33. The zero-order valence-electron chi connectivity index (χ0n) is 11.5. The number of aryl methyl sites for hydroxylation is 1. The topological polar surface area (TPSA) is 59.3 Å². The maximum absolute atomic E-state index is 12.2. The molecule has 0 bridgehead atoms. The Bertz CT molecular complexity index is 469. The summed E-state index contributed by atoms with van der Waals surface area (Å²) in [5.41, 5.74) is -0.0943. The Balaban J connectivity index is 2.00. The monoisotopic (exact) mass is 266 g/mol. The molecule has 0 radical (unpaired) electrons. The summed E-state index contributed by atoms with van der Waals surface area (Å²) in [7, 11) is 0. The largest absolute Gasteiger partial charge is 0.340 e. The SMILES string of the molecule is CCCn1ccn(CC(=O)N2CCCNCC2)c1=O. The van der Waals surface area contributed by atoms with E-state index in [-0.39, 0.29) is 18.1 Å². The molecule has 2 rings (SSSR count). The van der Waals surface area contributed by atoms with Gasteiger partial charge in [-0.15, -0.1) is 0 Å². The smallest absolute Gasteiger partial charge is 0.328 e. The molecule has 1 aliphatic heterocycles. The van der Waals surface area contributed by atoms with E-state index in [1.807, 2.05) is 11.8 Å². The number of nitrogens with one attached hydrogen (secondary N) is 1. The van der Waals surface area contributed by atoms with Crippen molar-refractivity contribution >= 4 is 5.91 Å². The number of imidazole rings is 1. The minimum absolute atomic E-state index is 0.0278. The molecule has 1 fully saturated rings. The molecule has 1 saturated heterocycles. The first kappa shape index (κ1) is 13.9. The number of amides is 1. The van der Waals surface area contributed by atoms with E-state index in [0.29, 0.717) is 6.54 Å². The van der Waals surface area contributed by atoms with Crippen molar-refractivity contribution in [1.29, 1.82) is 0 Å². The van der Waals surface area contributed by atoms with Crippen molar-refractivity contribution < 1.29 is 4.79 Å². The average Bonchev–Trinajstić information content (AvgIpc) is 2.63. The van der Waals surface area contributed by atoms with E-state index in [0.717, 1.165) is 39.0 Å². The van der Waals surface area contributed by atoms with Crippen molar-refractivity contribution in [1.82, 2.24) is 19.4 Å². The van der Waals surface area contributed by atoms with Gasteiger partial charge in [0, 0.05) is 38.6 Å². The minimum Gasteiger partial charge on any atom is -0.340 e. The highest BCUT2D eigenvalue weighted by Gasteiger charge is 2.16. The van der Waals surface area contributed by atoms with Crippen LogP contribution < -0.4 is 11.0 Å². The number of aromatic nitrogens is 2. The van der Waals surface area contributed by atoms with Crippen LogP contribution in [0.5, 0.6) is 0 Å². The normalized spacial score (nSPS) is 16.4. The van der Waals surface area contributed by atoms with Crippen molar-refractivity contribution in [3.63, 3.8) is 0 Å². The number of rotatable bonds is 4. The van der Waals surface area contributed by atoms with Gasteiger partial charge in [0.25, 0.3) is 0 Å². The molecule has 1 N–H and O–H groups in total. The summed E-state index contributed by atoms with van der Waals surface area (Å²) in [4.78, 5) is 26.0. The zero-order valence-corrected chi connectivity index (χ0v) is 11.5. The van der Waals surface area contributed by atoms with Crippen LogP contribution in [0.4, 0.5) is 0 Å². The number of hydrogen-bond acceptors (Lipinski definition) is 3. The van der Waals surface area contributed by atoms with Gasteiger partial charge in [0.2, 0.25) is 5.91 Å². The van der Waals surface area contributed by atoms with Gasteiger partial charge in [-0.1, -0.05) is 6.92 Å². The van der Waals surface area contributed by atoms with Gasteiger partial charge in [0.05, 0.1) is 0 Å². The summed E-state index contributed by atoms with van der Waals surface area (Å²) < 4.78 is 3.15.